The maximum atomic E-state index is 13.7. The minimum absolute atomic E-state index is 0.0386. The van der Waals surface area contributed by atoms with Crippen LogP contribution in [0.15, 0.2) is 47.4 Å². The van der Waals surface area contributed by atoms with E-state index in [0.717, 1.165) is 12.8 Å². The zero-order chi connectivity index (χ0) is 29.8. The molecule has 2 aromatic rings. The summed E-state index contributed by atoms with van der Waals surface area (Å²) in [4.78, 5) is 14.5. The normalized spacial score (nSPS) is 22.1. The van der Waals surface area contributed by atoms with Crippen molar-refractivity contribution in [1.82, 2.24) is 9.21 Å². The van der Waals surface area contributed by atoms with Gasteiger partial charge >= 0.3 is 6.03 Å². The summed E-state index contributed by atoms with van der Waals surface area (Å²) in [5.74, 6) is 6.33. The first-order valence-corrected chi connectivity index (χ1v) is 15.2. The number of urea groups is 1. The summed E-state index contributed by atoms with van der Waals surface area (Å²) in [6.45, 7) is 3.41. The summed E-state index contributed by atoms with van der Waals surface area (Å²) >= 11 is 0. The van der Waals surface area contributed by atoms with E-state index in [0.29, 0.717) is 29.8 Å². The maximum Gasteiger partial charge on any atom is 0.321 e. The van der Waals surface area contributed by atoms with Crippen LogP contribution in [0.5, 0.6) is 11.5 Å². The SMILES string of the molecule is COc1cccc(NC(=O)N(C)C[C@@H]2Oc3cc(C#CC4(O)CCCC4)ccc3S(=O)(=O)N([C@@H](C)CO)C[C@@H]2C)c1. The number of rotatable bonds is 6. The summed E-state index contributed by atoms with van der Waals surface area (Å²) in [5, 5.41) is 23.4. The maximum absolute atomic E-state index is 13.7. The largest absolute Gasteiger partial charge is 0.497 e. The van der Waals surface area contributed by atoms with Gasteiger partial charge in [-0.15, -0.1) is 0 Å². The third-order valence-electron chi connectivity index (χ3n) is 7.66. The number of sulfonamides is 1. The van der Waals surface area contributed by atoms with Crippen LogP contribution in [-0.2, 0) is 10.0 Å². The molecule has 0 spiro atoms. The second-order valence-corrected chi connectivity index (χ2v) is 12.8. The molecule has 222 valence electrons. The van der Waals surface area contributed by atoms with E-state index in [-0.39, 0.29) is 42.3 Å². The first kappa shape index (κ1) is 30.7. The molecule has 0 radical (unpaired) electrons. The fourth-order valence-electron chi connectivity index (χ4n) is 5.07. The Labute approximate surface area is 242 Å². The highest BCUT2D eigenvalue weighted by atomic mass is 32.2. The molecule has 0 aromatic heterocycles. The number of aliphatic hydroxyl groups is 2. The molecule has 41 heavy (non-hydrogen) atoms. The Morgan fingerprint density at radius 3 is 2.68 bits per heavy atom. The lowest BCUT2D eigenvalue weighted by atomic mass is 10.0. The van der Waals surface area contributed by atoms with E-state index in [1.165, 1.54) is 15.3 Å². The zero-order valence-electron chi connectivity index (χ0n) is 24.0. The molecule has 1 aliphatic carbocycles. The lowest BCUT2D eigenvalue weighted by molar-refractivity contribution is 0.0830. The molecule has 1 heterocycles. The number of amides is 2. The molecule has 11 heteroatoms. The minimum atomic E-state index is -4.02. The number of hydrogen-bond acceptors (Lipinski definition) is 7. The zero-order valence-corrected chi connectivity index (χ0v) is 24.8. The standard InChI is InChI=1S/C30H39N3O7S/c1-21-18-33(22(2)20-34)41(37,38)28-11-10-23(12-15-30(36)13-5-6-14-30)16-26(28)40-27(21)19-32(3)29(35)31-24-8-7-9-25(17-24)39-4/h7-11,16-17,21-22,27,34,36H,5-6,13-14,18-20H2,1-4H3,(H,31,35)/t21-,22-,27-/m0/s1. The highest BCUT2D eigenvalue weighted by molar-refractivity contribution is 7.89. The van der Waals surface area contributed by atoms with Gasteiger partial charge in [0.25, 0.3) is 0 Å². The van der Waals surface area contributed by atoms with Gasteiger partial charge in [0.15, 0.2) is 0 Å². The van der Waals surface area contributed by atoms with Gasteiger partial charge in [0.1, 0.15) is 28.1 Å². The third-order valence-corrected chi connectivity index (χ3v) is 9.68. The number of benzene rings is 2. The van der Waals surface area contributed by atoms with Crippen LogP contribution in [0.2, 0.25) is 0 Å². The van der Waals surface area contributed by atoms with Crippen LogP contribution < -0.4 is 14.8 Å². The highest BCUT2D eigenvalue weighted by Crippen LogP contribution is 2.35. The molecule has 3 atom stereocenters. The van der Waals surface area contributed by atoms with Crippen LogP contribution in [-0.4, -0.2) is 85.5 Å². The smallest absolute Gasteiger partial charge is 0.321 e. The summed E-state index contributed by atoms with van der Waals surface area (Å²) in [6, 6.07) is 10.6. The molecule has 3 N–H and O–H groups in total. The van der Waals surface area contributed by atoms with Crippen molar-refractivity contribution in [1.29, 1.82) is 0 Å². The first-order valence-electron chi connectivity index (χ1n) is 13.8. The first-order chi connectivity index (χ1) is 19.5. The molecule has 4 rings (SSSR count). The number of ether oxygens (including phenoxy) is 2. The number of carbonyl (C=O) groups is 1. The molecule has 0 saturated heterocycles. The Kier molecular flexibility index (Phi) is 9.49. The van der Waals surface area contributed by atoms with Crippen molar-refractivity contribution in [3.05, 3.63) is 48.0 Å². The van der Waals surface area contributed by atoms with Crippen molar-refractivity contribution in [2.45, 2.75) is 62.2 Å². The van der Waals surface area contributed by atoms with Crippen LogP contribution in [0.1, 0.15) is 45.1 Å². The fraction of sp³-hybridized carbons (Fsp3) is 0.500. The number of nitrogens with one attached hydrogen (secondary N) is 1. The Hall–Kier alpha value is -3.30. The summed E-state index contributed by atoms with van der Waals surface area (Å²) in [6.07, 6.45) is 2.45. The fourth-order valence-corrected chi connectivity index (χ4v) is 6.89. The van der Waals surface area contributed by atoms with Crippen LogP contribution in [0.4, 0.5) is 10.5 Å². The van der Waals surface area contributed by atoms with E-state index in [2.05, 4.69) is 17.2 Å². The van der Waals surface area contributed by atoms with Crippen molar-refractivity contribution < 1.29 is 32.9 Å². The molecule has 2 aliphatic rings. The Morgan fingerprint density at radius 1 is 1.27 bits per heavy atom. The minimum Gasteiger partial charge on any atom is -0.497 e. The quantitative estimate of drug-likeness (QED) is 0.444. The lowest BCUT2D eigenvalue weighted by Crippen LogP contribution is -2.50. The van der Waals surface area contributed by atoms with Gasteiger partial charge in [-0.05, 0) is 62.9 Å². The van der Waals surface area contributed by atoms with Gasteiger partial charge in [0.2, 0.25) is 10.0 Å². The van der Waals surface area contributed by atoms with Gasteiger partial charge in [-0.1, -0.05) is 24.8 Å². The topological polar surface area (TPSA) is 129 Å². The van der Waals surface area contributed by atoms with E-state index >= 15 is 0 Å². The molecule has 10 nitrogen and oxygen atoms in total. The van der Waals surface area contributed by atoms with E-state index in [9.17, 15) is 23.4 Å². The predicted molar refractivity (Wildman–Crippen MR) is 155 cm³/mol. The van der Waals surface area contributed by atoms with Crippen LogP contribution >= 0.6 is 0 Å². The average molecular weight is 586 g/mol. The highest BCUT2D eigenvalue weighted by Gasteiger charge is 2.38. The average Bonchev–Trinajstić information content (AvgIpc) is 3.39. The molecule has 0 bridgehead atoms. The van der Waals surface area contributed by atoms with Crippen molar-refractivity contribution in [2.75, 3.05) is 39.2 Å². The van der Waals surface area contributed by atoms with Gasteiger partial charge in [0.05, 0.1) is 20.3 Å². The number of aliphatic hydroxyl groups excluding tert-OH is 1. The van der Waals surface area contributed by atoms with E-state index in [1.54, 1.807) is 57.5 Å². The number of hydrogen-bond donors (Lipinski definition) is 3. The molecule has 1 aliphatic heterocycles. The van der Waals surface area contributed by atoms with Crippen LogP contribution in [0.3, 0.4) is 0 Å². The summed E-state index contributed by atoms with van der Waals surface area (Å²) in [7, 11) is -0.828. The number of fused-ring (bicyclic) bond motifs is 1. The molecule has 2 aromatic carbocycles. The van der Waals surface area contributed by atoms with E-state index < -0.39 is 27.8 Å². The van der Waals surface area contributed by atoms with Gasteiger partial charge in [-0.25, -0.2) is 13.2 Å². The number of carbonyl (C=O) groups excluding carboxylic acids is 1. The molecular weight excluding hydrogens is 546 g/mol. The van der Waals surface area contributed by atoms with Crippen molar-refractivity contribution >= 4 is 21.7 Å². The number of anilines is 1. The lowest BCUT2D eigenvalue weighted by Gasteiger charge is -2.37. The van der Waals surface area contributed by atoms with Gasteiger partial charge in [-0.3, -0.25) is 0 Å². The Balaban J connectivity index is 1.64. The third kappa shape index (κ3) is 7.13. The Bertz CT molecular complexity index is 1410. The van der Waals surface area contributed by atoms with Crippen LogP contribution in [0, 0.1) is 17.8 Å². The molecular formula is C30H39N3O7S. The number of methoxy groups -OCH3 is 1. The molecule has 0 unspecified atom stereocenters. The predicted octanol–water partition coefficient (Wildman–Crippen LogP) is 3.28. The molecule has 2 amide bonds. The van der Waals surface area contributed by atoms with Gasteiger partial charge in [-0.2, -0.15) is 4.31 Å². The van der Waals surface area contributed by atoms with Gasteiger partial charge < -0.3 is 29.9 Å². The summed E-state index contributed by atoms with van der Waals surface area (Å²) < 4.78 is 40.3. The van der Waals surface area contributed by atoms with E-state index in [4.69, 9.17) is 9.47 Å². The monoisotopic (exact) mass is 585 g/mol. The molecule has 1 saturated carbocycles. The van der Waals surface area contributed by atoms with Gasteiger partial charge in [0, 0.05) is 42.9 Å². The van der Waals surface area contributed by atoms with Crippen molar-refractivity contribution in [2.24, 2.45) is 5.92 Å². The number of nitrogens with zero attached hydrogens (tertiary/aromatic N) is 2. The van der Waals surface area contributed by atoms with Crippen LogP contribution in [0.25, 0.3) is 0 Å². The summed E-state index contributed by atoms with van der Waals surface area (Å²) in [5.41, 5.74) is 0.0389. The second-order valence-electron chi connectivity index (χ2n) is 10.9. The molecule has 1 fully saturated rings. The Morgan fingerprint density at radius 2 is 2.00 bits per heavy atom. The van der Waals surface area contributed by atoms with Crippen molar-refractivity contribution in [3.63, 3.8) is 0 Å². The number of likely N-dealkylation sites (N-methyl/N-ethyl adjacent to an activating group) is 1. The second kappa shape index (κ2) is 12.7. The van der Waals surface area contributed by atoms with E-state index in [1.807, 2.05) is 6.92 Å². The van der Waals surface area contributed by atoms with Crippen molar-refractivity contribution in [3.8, 4) is 23.3 Å².